The number of hydrogen-bond acceptors (Lipinski definition) is 5. The summed E-state index contributed by atoms with van der Waals surface area (Å²) in [4.78, 5) is 30.2. The summed E-state index contributed by atoms with van der Waals surface area (Å²) >= 11 is 19.2. The summed E-state index contributed by atoms with van der Waals surface area (Å²) in [6, 6.07) is 19.0. The van der Waals surface area contributed by atoms with E-state index in [1.807, 2.05) is 0 Å². The molecule has 10 heteroatoms. The fourth-order valence-electron chi connectivity index (χ4n) is 2.98. The molecule has 1 aromatic heterocycles. The number of aromatic nitrogens is 2. The SMILES string of the molecule is O=C(CSc1nc2ccccc2c(=O)n1-c1ccc(Cl)cc1)N/N=C\c1cccc(Cl)c1Cl. The molecule has 0 aliphatic carbocycles. The molecule has 0 aliphatic rings. The standard InChI is InChI=1S/C23H15Cl3N4O2S/c24-15-8-10-16(11-9-15)30-22(32)17-5-1-2-7-19(17)28-23(30)33-13-20(31)29-27-12-14-4-3-6-18(25)21(14)26/h1-12H,13H2,(H,29,31)/b27-12-. The Bertz CT molecular complexity index is 1420. The minimum atomic E-state index is -0.375. The van der Waals surface area contributed by atoms with Gasteiger partial charge in [0.1, 0.15) is 0 Å². The number of para-hydroxylation sites is 1. The summed E-state index contributed by atoms with van der Waals surface area (Å²) in [7, 11) is 0. The first-order chi connectivity index (χ1) is 15.9. The van der Waals surface area contributed by atoms with Crippen LogP contribution in [0, 0.1) is 0 Å². The van der Waals surface area contributed by atoms with Crippen molar-refractivity contribution in [2.45, 2.75) is 5.16 Å². The van der Waals surface area contributed by atoms with Gasteiger partial charge >= 0.3 is 0 Å². The maximum atomic E-state index is 13.2. The van der Waals surface area contributed by atoms with Crippen molar-refractivity contribution in [3.05, 3.63) is 97.7 Å². The topological polar surface area (TPSA) is 76.3 Å². The van der Waals surface area contributed by atoms with Gasteiger partial charge in [0.2, 0.25) is 0 Å². The molecule has 0 bridgehead atoms. The summed E-state index contributed by atoms with van der Waals surface area (Å²) < 4.78 is 1.46. The van der Waals surface area contributed by atoms with E-state index in [2.05, 4.69) is 15.5 Å². The van der Waals surface area contributed by atoms with Crippen LogP contribution in [0.5, 0.6) is 0 Å². The van der Waals surface area contributed by atoms with Crippen LogP contribution in [0.2, 0.25) is 15.1 Å². The molecular formula is C23H15Cl3N4O2S. The minimum absolute atomic E-state index is 0.0149. The summed E-state index contributed by atoms with van der Waals surface area (Å²) in [5.74, 6) is -0.390. The summed E-state index contributed by atoms with van der Waals surface area (Å²) in [6.45, 7) is 0. The van der Waals surface area contributed by atoms with Crippen LogP contribution in [0.15, 0.2) is 81.8 Å². The maximum Gasteiger partial charge on any atom is 0.266 e. The van der Waals surface area contributed by atoms with E-state index in [1.165, 1.54) is 10.8 Å². The van der Waals surface area contributed by atoms with Crippen LogP contribution in [0.3, 0.4) is 0 Å². The van der Waals surface area contributed by atoms with Crippen molar-refractivity contribution in [1.29, 1.82) is 0 Å². The van der Waals surface area contributed by atoms with Gasteiger partial charge in [-0.3, -0.25) is 14.2 Å². The van der Waals surface area contributed by atoms with E-state index in [-0.39, 0.29) is 17.2 Å². The molecule has 0 radical (unpaired) electrons. The molecular weight excluding hydrogens is 503 g/mol. The second kappa shape index (κ2) is 10.4. The van der Waals surface area contributed by atoms with E-state index in [9.17, 15) is 9.59 Å². The Morgan fingerprint density at radius 3 is 2.58 bits per heavy atom. The van der Waals surface area contributed by atoms with Gasteiger partial charge in [-0.2, -0.15) is 5.10 Å². The molecule has 4 rings (SSSR count). The molecule has 0 unspecified atom stereocenters. The number of rotatable bonds is 6. The van der Waals surface area contributed by atoms with Crippen molar-refractivity contribution in [1.82, 2.24) is 15.0 Å². The number of nitrogens with one attached hydrogen (secondary N) is 1. The van der Waals surface area contributed by atoms with E-state index in [4.69, 9.17) is 34.8 Å². The fourth-order valence-corrected chi connectivity index (χ4v) is 4.27. The van der Waals surface area contributed by atoms with Crippen LogP contribution in [-0.4, -0.2) is 27.4 Å². The van der Waals surface area contributed by atoms with Gasteiger partial charge in [-0.1, -0.05) is 70.8 Å². The van der Waals surface area contributed by atoms with Crippen LogP contribution in [0.25, 0.3) is 16.6 Å². The highest BCUT2D eigenvalue weighted by atomic mass is 35.5. The van der Waals surface area contributed by atoms with Gasteiger partial charge in [-0.25, -0.2) is 10.4 Å². The fraction of sp³-hybridized carbons (Fsp3) is 0.0435. The molecule has 0 saturated carbocycles. The highest BCUT2D eigenvalue weighted by Gasteiger charge is 2.14. The Hall–Kier alpha value is -2.84. The third kappa shape index (κ3) is 5.39. The molecule has 166 valence electrons. The number of thioether (sulfide) groups is 1. The molecule has 0 spiro atoms. The first-order valence-electron chi connectivity index (χ1n) is 9.60. The normalized spacial score (nSPS) is 11.2. The molecule has 0 saturated heterocycles. The van der Waals surface area contributed by atoms with Gasteiger partial charge in [0, 0.05) is 10.6 Å². The molecule has 3 aromatic carbocycles. The minimum Gasteiger partial charge on any atom is -0.272 e. The van der Waals surface area contributed by atoms with E-state index < -0.39 is 0 Å². The van der Waals surface area contributed by atoms with Gasteiger partial charge < -0.3 is 0 Å². The van der Waals surface area contributed by atoms with E-state index in [1.54, 1.807) is 66.7 Å². The smallest absolute Gasteiger partial charge is 0.266 e. The maximum absolute atomic E-state index is 13.2. The molecule has 0 aliphatic heterocycles. The van der Waals surface area contributed by atoms with Gasteiger partial charge in [0.15, 0.2) is 5.16 Å². The van der Waals surface area contributed by atoms with E-state index >= 15 is 0 Å². The predicted molar refractivity (Wildman–Crippen MR) is 135 cm³/mol. The number of hydrogen-bond donors (Lipinski definition) is 1. The highest BCUT2D eigenvalue weighted by molar-refractivity contribution is 7.99. The van der Waals surface area contributed by atoms with Crippen LogP contribution in [0.1, 0.15) is 5.56 Å². The Balaban J connectivity index is 1.56. The van der Waals surface area contributed by atoms with Crippen molar-refractivity contribution in [3.63, 3.8) is 0 Å². The van der Waals surface area contributed by atoms with Crippen molar-refractivity contribution >= 4 is 69.6 Å². The van der Waals surface area contributed by atoms with Gasteiger partial charge in [-0.05, 0) is 42.5 Å². The second-order valence-electron chi connectivity index (χ2n) is 6.75. The summed E-state index contributed by atoms with van der Waals surface area (Å²) in [5, 5.41) is 6.07. The lowest BCUT2D eigenvalue weighted by Gasteiger charge is -2.13. The lowest BCUT2D eigenvalue weighted by Crippen LogP contribution is -2.24. The predicted octanol–water partition coefficient (Wildman–Crippen LogP) is 5.59. The number of nitrogens with zero attached hydrogens (tertiary/aromatic N) is 3. The van der Waals surface area contributed by atoms with Crippen molar-refractivity contribution < 1.29 is 4.79 Å². The van der Waals surface area contributed by atoms with Gasteiger partial charge in [0.05, 0.1) is 38.6 Å². The molecule has 1 amide bonds. The van der Waals surface area contributed by atoms with Crippen molar-refractivity contribution in [2.75, 3.05) is 5.75 Å². The number of amides is 1. The Morgan fingerprint density at radius 1 is 1.03 bits per heavy atom. The molecule has 0 atom stereocenters. The number of benzene rings is 3. The lowest BCUT2D eigenvalue weighted by molar-refractivity contribution is -0.118. The molecule has 33 heavy (non-hydrogen) atoms. The second-order valence-corrected chi connectivity index (χ2v) is 8.92. The van der Waals surface area contributed by atoms with E-state index in [0.717, 1.165) is 11.8 Å². The zero-order valence-electron chi connectivity index (χ0n) is 16.8. The Morgan fingerprint density at radius 2 is 1.79 bits per heavy atom. The first-order valence-corrected chi connectivity index (χ1v) is 11.7. The lowest BCUT2D eigenvalue weighted by atomic mass is 10.2. The van der Waals surface area contributed by atoms with Crippen LogP contribution >= 0.6 is 46.6 Å². The average molecular weight is 518 g/mol. The summed E-state index contributed by atoms with van der Waals surface area (Å²) in [5.41, 5.74) is 3.92. The van der Waals surface area contributed by atoms with Crippen LogP contribution < -0.4 is 11.0 Å². The Labute approximate surface area is 208 Å². The zero-order chi connectivity index (χ0) is 23.4. The number of carbonyl (C=O) groups excluding carboxylic acids is 1. The quantitative estimate of drug-likeness (QED) is 0.157. The number of halogens is 3. The number of hydrazone groups is 1. The summed E-state index contributed by atoms with van der Waals surface area (Å²) in [6.07, 6.45) is 1.41. The zero-order valence-corrected chi connectivity index (χ0v) is 19.9. The molecule has 1 heterocycles. The third-order valence-electron chi connectivity index (χ3n) is 4.54. The number of carbonyl (C=O) groups is 1. The third-order valence-corrected chi connectivity index (χ3v) is 6.56. The highest BCUT2D eigenvalue weighted by Crippen LogP contribution is 2.24. The molecule has 0 fully saturated rings. The van der Waals surface area contributed by atoms with Crippen LogP contribution in [0.4, 0.5) is 0 Å². The van der Waals surface area contributed by atoms with Crippen molar-refractivity contribution in [3.8, 4) is 5.69 Å². The number of fused-ring (bicyclic) bond motifs is 1. The largest absolute Gasteiger partial charge is 0.272 e. The van der Waals surface area contributed by atoms with E-state index in [0.29, 0.717) is 42.4 Å². The monoisotopic (exact) mass is 516 g/mol. The van der Waals surface area contributed by atoms with Crippen LogP contribution in [-0.2, 0) is 4.79 Å². The Kier molecular flexibility index (Phi) is 7.35. The average Bonchev–Trinajstić information content (AvgIpc) is 2.81. The molecule has 1 N–H and O–H groups in total. The van der Waals surface area contributed by atoms with Gasteiger partial charge in [-0.15, -0.1) is 0 Å². The first kappa shape index (κ1) is 23.3. The van der Waals surface area contributed by atoms with Crippen molar-refractivity contribution in [2.24, 2.45) is 5.10 Å². The molecule has 4 aromatic rings. The van der Waals surface area contributed by atoms with Gasteiger partial charge in [0.25, 0.3) is 11.5 Å². The molecule has 6 nitrogen and oxygen atoms in total.